The lowest BCUT2D eigenvalue weighted by molar-refractivity contribution is -0.176. The number of amides is 1. The standard InChI is InChI=1S/C11H15BrF3NO2/c12-7-8(17)10(5-3-1-2-4-6-10)16-9(18)11(13,14)15/h1-7H2,(H,16,18). The molecule has 0 saturated heterocycles. The lowest BCUT2D eigenvalue weighted by Gasteiger charge is -2.32. The van der Waals surface area contributed by atoms with Crippen molar-refractivity contribution in [2.75, 3.05) is 5.33 Å². The third-order valence-electron chi connectivity index (χ3n) is 3.22. The number of hydrogen-bond acceptors (Lipinski definition) is 2. The SMILES string of the molecule is O=C(NC1(C(=O)CBr)CCCCCC1)C(F)(F)F. The first-order chi connectivity index (χ1) is 8.32. The molecule has 1 aliphatic carbocycles. The zero-order valence-electron chi connectivity index (χ0n) is 9.78. The highest BCUT2D eigenvalue weighted by molar-refractivity contribution is 9.09. The van der Waals surface area contributed by atoms with E-state index in [1.165, 1.54) is 0 Å². The van der Waals surface area contributed by atoms with Gasteiger partial charge in [-0.15, -0.1) is 0 Å². The van der Waals surface area contributed by atoms with Crippen LogP contribution in [-0.2, 0) is 9.59 Å². The van der Waals surface area contributed by atoms with Crippen LogP contribution in [0.4, 0.5) is 13.2 Å². The van der Waals surface area contributed by atoms with Crippen molar-refractivity contribution in [1.82, 2.24) is 5.32 Å². The molecule has 3 nitrogen and oxygen atoms in total. The Bertz CT molecular complexity index is 321. The van der Waals surface area contributed by atoms with E-state index in [2.05, 4.69) is 15.9 Å². The molecule has 1 rings (SSSR count). The van der Waals surface area contributed by atoms with Gasteiger partial charge in [-0.1, -0.05) is 41.6 Å². The Hall–Kier alpha value is -0.590. The van der Waals surface area contributed by atoms with Crippen LogP contribution in [0.25, 0.3) is 0 Å². The van der Waals surface area contributed by atoms with Gasteiger partial charge in [0.05, 0.1) is 10.9 Å². The van der Waals surface area contributed by atoms with Gasteiger partial charge in [-0.3, -0.25) is 9.59 Å². The minimum Gasteiger partial charge on any atom is -0.336 e. The lowest BCUT2D eigenvalue weighted by Crippen LogP contribution is -2.57. The highest BCUT2D eigenvalue weighted by atomic mass is 79.9. The predicted octanol–water partition coefficient (Wildman–Crippen LogP) is 2.72. The molecule has 0 aliphatic heterocycles. The molecule has 18 heavy (non-hydrogen) atoms. The molecule has 0 radical (unpaired) electrons. The number of halogens is 4. The molecule has 0 bridgehead atoms. The molecule has 1 amide bonds. The van der Waals surface area contributed by atoms with Gasteiger partial charge in [-0.2, -0.15) is 13.2 Å². The first-order valence-electron chi connectivity index (χ1n) is 5.80. The largest absolute Gasteiger partial charge is 0.471 e. The number of hydrogen-bond donors (Lipinski definition) is 1. The Labute approximate surface area is 112 Å². The van der Waals surface area contributed by atoms with Gasteiger partial charge in [0, 0.05) is 0 Å². The van der Waals surface area contributed by atoms with Crippen LogP contribution in [-0.4, -0.2) is 28.7 Å². The Morgan fingerprint density at radius 3 is 2.00 bits per heavy atom. The van der Waals surface area contributed by atoms with Crippen molar-refractivity contribution in [2.24, 2.45) is 0 Å². The maximum Gasteiger partial charge on any atom is 0.471 e. The van der Waals surface area contributed by atoms with Crippen LogP contribution in [0.2, 0.25) is 0 Å². The minimum atomic E-state index is -4.95. The maximum atomic E-state index is 12.3. The van der Waals surface area contributed by atoms with Crippen molar-refractivity contribution < 1.29 is 22.8 Å². The van der Waals surface area contributed by atoms with Crippen molar-refractivity contribution in [2.45, 2.75) is 50.2 Å². The Balaban J connectivity index is 2.90. The summed E-state index contributed by atoms with van der Waals surface area (Å²) in [5.41, 5.74) is -1.35. The fourth-order valence-corrected chi connectivity index (χ4v) is 2.76. The van der Waals surface area contributed by atoms with Gasteiger partial charge in [0.15, 0.2) is 5.78 Å². The average Bonchev–Trinajstić information content (AvgIpc) is 2.53. The third kappa shape index (κ3) is 3.70. The van der Waals surface area contributed by atoms with Crippen molar-refractivity contribution in [3.63, 3.8) is 0 Å². The van der Waals surface area contributed by atoms with Gasteiger partial charge < -0.3 is 5.32 Å². The van der Waals surface area contributed by atoms with E-state index in [9.17, 15) is 22.8 Å². The summed E-state index contributed by atoms with van der Waals surface area (Å²) < 4.78 is 36.9. The summed E-state index contributed by atoms with van der Waals surface area (Å²) in [7, 11) is 0. The van der Waals surface area contributed by atoms with Crippen LogP contribution < -0.4 is 5.32 Å². The Morgan fingerprint density at radius 2 is 1.61 bits per heavy atom. The summed E-state index contributed by atoms with van der Waals surface area (Å²) >= 11 is 2.97. The molecule has 0 spiro atoms. The summed E-state index contributed by atoms with van der Waals surface area (Å²) in [6.07, 6.45) is -1.35. The first kappa shape index (κ1) is 15.5. The fourth-order valence-electron chi connectivity index (χ4n) is 2.22. The lowest BCUT2D eigenvalue weighted by atomic mass is 9.86. The van der Waals surface area contributed by atoms with E-state index in [1.54, 1.807) is 0 Å². The van der Waals surface area contributed by atoms with Crippen LogP contribution in [0.3, 0.4) is 0 Å². The Morgan fingerprint density at radius 1 is 1.11 bits per heavy atom. The average molecular weight is 330 g/mol. The molecule has 0 atom stereocenters. The van der Waals surface area contributed by atoms with E-state index in [-0.39, 0.29) is 24.0 Å². The monoisotopic (exact) mass is 329 g/mol. The molecule has 1 N–H and O–H groups in total. The van der Waals surface area contributed by atoms with Crippen molar-refractivity contribution in [3.8, 4) is 0 Å². The number of ketones is 1. The number of alkyl halides is 4. The van der Waals surface area contributed by atoms with E-state index >= 15 is 0 Å². The zero-order valence-corrected chi connectivity index (χ0v) is 11.4. The van der Waals surface area contributed by atoms with Gasteiger partial charge in [0.2, 0.25) is 0 Å². The second-order valence-electron chi connectivity index (χ2n) is 4.51. The van der Waals surface area contributed by atoms with Crippen molar-refractivity contribution >= 4 is 27.6 Å². The number of rotatable bonds is 3. The molecule has 0 heterocycles. The summed E-state index contributed by atoms with van der Waals surface area (Å²) in [5, 5.41) is 1.87. The van der Waals surface area contributed by atoms with Gasteiger partial charge >= 0.3 is 12.1 Å². The summed E-state index contributed by atoms with van der Waals surface area (Å²) in [4.78, 5) is 22.9. The van der Waals surface area contributed by atoms with E-state index in [0.717, 1.165) is 12.8 Å². The third-order valence-corrected chi connectivity index (χ3v) is 3.73. The molecular formula is C11H15BrF3NO2. The summed E-state index contributed by atoms with van der Waals surface area (Å²) in [6.45, 7) is 0. The van der Waals surface area contributed by atoms with Crippen LogP contribution in [0.1, 0.15) is 38.5 Å². The molecule has 1 saturated carbocycles. The minimum absolute atomic E-state index is 0.0505. The zero-order chi connectivity index (χ0) is 13.8. The number of carbonyl (C=O) groups excluding carboxylic acids is 2. The quantitative estimate of drug-likeness (QED) is 0.639. The smallest absolute Gasteiger partial charge is 0.336 e. The molecule has 0 aromatic rings. The van der Waals surface area contributed by atoms with Crippen LogP contribution >= 0.6 is 15.9 Å². The van der Waals surface area contributed by atoms with Gasteiger partial charge in [-0.25, -0.2) is 0 Å². The summed E-state index contributed by atoms with van der Waals surface area (Å²) in [5.74, 6) is -2.42. The number of Topliss-reactive ketones (excluding diaryl/α,β-unsaturated/α-hetero) is 1. The van der Waals surface area contributed by atoms with Gasteiger partial charge in [0.25, 0.3) is 0 Å². The molecule has 0 unspecified atom stereocenters. The molecule has 0 aromatic carbocycles. The van der Waals surface area contributed by atoms with Crippen molar-refractivity contribution in [1.29, 1.82) is 0 Å². The first-order valence-corrected chi connectivity index (χ1v) is 6.92. The van der Waals surface area contributed by atoms with Crippen LogP contribution in [0.15, 0.2) is 0 Å². The highest BCUT2D eigenvalue weighted by Gasteiger charge is 2.46. The molecule has 0 aromatic heterocycles. The van der Waals surface area contributed by atoms with Crippen molar-refractivity contribution in [3.05, 3.63) is 0 Å². The Kier molecular flexibility index (Phi) is 5.19. The second kappa shape index (κ2) is 6.04. The topological polar surface area (TPSA) is 46.2 Å². The molecule has 1 fully saturated rings. The van der Waals surface area contributed by atoms with E-state index in [0.29, 0.717) is 12.8 Å². The van der Waals surface area contributed by atoms with Crippen LogP contribution in [0.5, 0.6) is 0 Å². The maximum absolute atomic E-state index is 12.3. The van der Waals surface area contributed by atoms with E-state index in [1.807, 2.05) is 5.32 Å². The fraction of sp³-hybridized carbons (Fsp3) is 0.818. The molecular weight excluding hydrogens is 315 g/mol. The number of carbonyl (C=O) groups is 2. The highest BCUT2D eigenvalue weighted by Crippen LogP contribution is 2.30. The number of nitrogens with one attached hydrogen (secondary N) is 1. The predicted molar refractivity (Wildman–Crippen MR) is 63.4 cm³/mol. The normalized spacial score (nSPS) is 20.0. The molecule has 7 heteroatoms. The van der Waals surface area contributed by atoms with E-state index < -0.39 is 17.6 Å². The second-order valence-corrected chi connectivity index (χ2v) is 5.07. The van der Waals surface area contributed by atoms with Gasteiger partial charge in [-0.05, 0) is 12.8 Å². The molecule has 1 aliphatic rings. The van der Waals surface area contributed by atoms with E-state index in [4.69, 9.17) is 0 Å². The molecule has 104 valence electrons. The van der Waals surface area contributed by atoms with Gasteiger partial charge in [0.1, 0.15) is 0 Å². The van der Waals surface area contributed by atoms with Crippen LogP contribution in [0, 0.1) is 0 Å². The summed E-state index contributed by atoms with van der Waals surface area (Å²) in [6, 6.07) is 0.